The molecule has 6 nitrogen and oxygen atoms in total. The van der Waals surface area contributed by atoms with Crippen LogP contribution in [0.5, 0.6) is 0 Å². The number of sulfonamides is 2. The summed E-state index contributed by atoms with van der Waals surface area (Å²) in [6, 6.07) is 8.66. The summed E-state index contributed by atoms with van der Waals surface area (Å²) in [6.45, 7) is 1.19. The van der Waals surface area contributed by atoms with Crippen molar-refractivity contribution in [2.24, 2.45) is 0 Å². The largest absolute Gasteiger partial charge is 0.284 e. The molecule has 0 unspecified atom stereocenters. The minimum Gasteiger partial charge on any atom is -0.284 e. The molecule has 2 rings (SSSR count). The van der Waals surface area contributed by atoms with Gasteiger partial charge in [0.15, 0.2) is 0 Å². The van der Waals surface area contributed by atoms with Crippen molar-refractivity contribution in [3.63, 3.8) is 0 Å². The quantitative estimate of drug-likeness (QED) is 0.725. The van der Waals surface area contributed by atoms with Crippen LogP contribution >= 0.6 is 0 Å². The molecular formula is C14H22N2O4S2. The Balaban J connectivity index is 1.76. The number of para-hydroxylation sites is 1. The summed E-state index contributed by atoms with van der Waals surface area (Å²) in [4.78, 5) is 0. The maximum Gasteiger partial charge on any atom is 0.232 e. The highest BCUT2D eigenvalue weighted by Gasteiger charge is 2.24. The van der Waals surface area contributed by atoms with Gasteiger partial charge in [-0.2, -0.15) is 0 Å². The Bertz CT molecular complexity index is 666. The third kappa shape index (κ3) is 5.26. The van der Waals surface area contributed by atoms with Gasteiger partial charge < -0.3 is 0 Å². The minimum atomic E-state index is -3.43. The molecule has 1 fully saturated rings. The average Bonchev–Trinajstić information content (AvgIpc) is 2.99. The van der Waals surface area contributed by atoms with Gasteiger partial charge in [-0.25, -0.2) is 21.1 Å². The molecule has 0 radical (unpaired) electrons. The average molecular weight is 346 g/mol. The van der Waals surface area contributed by atoms with Gasteiger partial charge in [-0.05, 0) is 37.8 Å². The zero-order valence-electron chi connectivity index (χ0n) is 12.4. The first-order chi connectivity index (χ1) is 10.4. The first kappa shape index (κ1) is 17.2. The maximum atomic E-state index is 12.0. The van der Waals surface area contributed by atoms with Crippen molar-refractivity contribution in [3.05, 3.63) is 30.3 Å². The van der Waals surface area contributed by atoms with Crippen LogP contribution in [0.25, 0.3) is 0 Å². The molecule has 1 heterocycles. The standard InChI is InChI=1S/C14H22N2O4S2/c17-21(18,15-14-8-2-1-3-9-14)12-6-7-13-22(19,20)16-10-4-5-11-16/h1-3,8-9,15H,4-7,10-13H2. The molecule has 0 spiro atoms. The number of rotatable bonds is 8. The van der Waals surface area contributed by atoms with Gasteiger partial charge in [0.2, 0.25) is 20.0 Å². The minimum absolute atomic E-state index is 0.0217. The molecule has 0 aliphatic carbocycles. The Morgan fingerprint density at radius 1 is 0.909 bits per heavy atom. The SMILES string of the molecule is O=S(=O)(CCCCS(=O)(=O)N1CCCC1)Nc1ccccc1. The van der Waals surface area contributed by atoms with Crippen molar-refractivity contribution in [2.45, 2.75) is 25.7 Å². The van der Waals surface area contributed by atoms with Crippen molar-refractivity contribution in [1.82, 2.24) is 4.31 Å². The van der Waals surface area contributed by atoms with Crippen LogP contribution < -0.4 is 4.72 Å². The first-order valence-electron chi connectivity index (χ1n) is 7.42. The van der Waals surface area contributed by atoms with Crippen LogP contribution in [-0.4, -0.2) is 45.7 Å². The second kappa shape index (κ2) is 7.43. The zero-order chi connectivity index (χ0) is 16.1. The summed E-state index contributed by atoms with van der Waals surface area (Å²) in [7, 11) is -6.65. The topological polar surface area (TPSA) is 83.5 Å². The van der Waals surface area contributed by atoms with Crippen molar-refractivity contribution >= 4 is 25.7 Å². The number of hydrogen-bond donors (Lipinski definition) is 1. The third-order valence-corrected chi connectivity index (χ3v) is 6.90. The van der Waals surface area contributed by atoms with Crippen LogP contribution in [0.15, 0.2) is 30.3 Å². The summed E-state index contributed by atoms with van der Waals surface area (Å²) < 4.78 is 51.8. The molecular weight excluding hydrogens is 324 g/mol. The number of anilines is 1. The van der Waals surface area contributed by atoms with E-state index in [-0.39, 0.29) is 11.5 Å². The van der Waals surface area contributed by atoms with Gasteiger partial charge in [0.1, 0.15) is 0 Å². The van der Waals surface area contributed by atoms with E-state index in [2.05, 4.69) is 4.72 Å². The lowest BCUT2D eigenvalue weighted by Gasteiger charge is -2.15. The molecule has 0 saturated carbocycles. The van der Waals surface area contributed by atoms with Crippen molar-refractivity contribution in [2.75, 3.05) is 29.3 Å². The van der Waals surface area contributed by atoms with E-state index >= 15 is 0 Å². The summed E-state index contributed by atoms with van der Waals surface area (Å²) in [5.41, 5.74) is 0.521. The first-order valence-corrected chi connectivity index (χ1v) is 10.7. The molecule has 22 heavy (non-hydrogen) atoms. The maximum absolute atomic E-state index is 12.0. The highest BCUT2D eigenvalue weighted by atomic mass is 32.2. The van der Waals surface area contributed by atoms with Gasteiger partial charge in [-0.1, -0.05) is 18.2 Å². The number of benzene rings is 1. The van der Waals surface area contributed by atoms with Crippen molar-refractivity contribution in [3.8, 4) is 0 Å². The molecule has 1 saturated heterocycles. The molecule has 1 aliphatic rings. The van der Waals surface area contributed by atoms with E-state index in [4.69, 9.17) is 0 Å². The van der Waals surface area contributed by atoms with E-state index in [1.54, 1.807) is 30.3 Å². The molecule has 124 valence electrons. The molecule has 0 bridgehead atoms. The second-order valence-corrected chi connectivity index (χ2v) is 9.35. The summed E-state index contributed by atoms with van der Waals surface area (Å²) in [6.07, 6.45) is 2.51. The van der Waals surface area contributed by atoms with Crippen molar-refractivity contribution < 1.29 is 16.8 Å². The van der Waals surface area contributed by atoms with Crippen molar-refractivity contribution in [1.29, 1.82) is 0 Å². The fraction of sp³-hybridized carbons (Fsp3) is 0.571. The Morgan fingerprint density at radius 3 is 2.14 bits per heavy atom. The Hall–Kier alpha value is -1.12. The normalized spacial score (nSPS) is 16.7. The van der Waals surface area contributed by atoms with E-state index in [0.717, 1.165) is 12.8 Å². The van der Waals surface area contributed by atoms with E-state index in [1.165, 1.54) is 4.31 Å². The number of nitrogens with one attached hydrogen (secondary N) is 1. The summed E-state index contributed by atoms with van der Waals surface area (Å²) >= 11 is 0. The molecule has 0 aromatic heterocycles. The molecule has 1 aromatic rings. The van der Waals surface area contributed by atoms with Gasteiger partial charge in [0.25, 0.3) is 0 Å². The highest BCUT2D eigenvalue weighted by molar-refractivity contribution is 7.92. The Morgan fingerprint density at radius 2 is 1.50 bits per heavy atom. The Labute approximate surface area is 132 Å². The second-order valence-electron chi connectivity index (χ2n) is 5.42. The monoisotopic (exact) mass is 346 g/mol. The van der Waals surface area contributed by atoms with E-state index in [9.17, 15) is 16.8 Å². The molecule has 1 N–H and O–H groups in total. The smallest absolute Gasteiger partial charge is 0.232 e. The Kier molecular flexibility index (Phi) is 5.82. The van der Waals surface area contributed by atoms with Gasteiger partial charge in [0.05, 0.1) is 11.5 Å². The van der Waals surface area contributed by atoms with Gasteiger partial charge in [-0.3, -0.25) is 4.72 Å². The van der Waals surface area contributed by atoms with Crippen LogP contribution in [0.3, 0.4) is 0 Å². The molecule has 0 atom stereocenters. The van der Waals surface area contributed by atoms with E-state index in [0.29, 0.717) is 31.6 Å². The fourth-order valence-electron chi connectivity index (χ4n) is 2.41. The van der Waals surface area contributed by atoms with Gasteiger partial charge >= 0.3 is 0 Å². The lowest BCUT2D eigenvalue weighted by molar-refractivity contribution is 0.475. The number of nitrogens with zero attached hydrogens (tertiary/aromatic N) is 1. The van der Waals surface area contributed by atoms with Crippen LogP contribution in [0.4, 0.5) is 5.69 Å². The van der Waals surface area contributed by atoms with E-state index < -0.39 is 20.0 Å². The summed E-state index contributed by atoms with van der Waals surface area (Å²) in [5.74, 6) is -0.0503. The third-order valence-electron chi connectivity index (χ3n) is 3.57. The van der Waals surface area contributed by atoms with Crippen LogP contribution in [0, 0.1) is 0 Å². The van der Waals surface area contributed by atoms with Gasteiger partial charge in [0, 0.05) is 18.8 Å². The van der Waals surface area contributed by atoms with E-state index in [1.807, 2.05) is 0 Å². The van der Waals surface area contributed by atoms with Gasteiger partial charge in [-0.15, -0.1) is 0 Å². The fourth-order valence-corrected chi connectivity index (χ4v) is 5.23. The molecule has 1 aliphatic heterocycles. The zero-order valence-corrected chi connectivity index (χ0v) is 14.1. The van der Waals surface area contributed by atoms with Crippen LogP contribution in [-0.2, 0) is 20.0 Å². The van der Waals surface area contributed by atoms with Crippen LogP contribution in [0.1, 0.15) is 25.7 Å². The molecule has 8 heteroatoms. The number of hydrogen-bond acceptors (Lipinski definition) is 4. The molecule has 1 aromatic carbocycles. The van der Waals surface area contributed by atoms with Crippen LogP contribution in [0.2, 0.25) is 0 Å². The summed E-state index contributed by atoms with van der Waals surface area (Å²) in [5, 5.41) is 0. The predicted molar refractivity (Wildman–Crippen MR) is 87.7 cm³/mol. The molecule has 0 amide bonds. The highest BCUT2D eigenvalue weighted by Crippen LogP contribution is 2.15. The lowest BCUT2D eigenvalue weighted by Crippen LogP contribution is -2.30. The number of unbranched alkanes of at least 4 members (excludes halogenated alkanes) is 1. The lowest BCUT2D eigenvalue weighted by atomic mass is 10.3. The predicted octanol–water partition coefficient (Wildman–Crippen LogP) is 1.63.